The van der Waals surface area contributed by atoms with Crippen molar-refractivity contribution in [1.29, 1.82) is 0 Å². The van der Waals surface area contributed by atoms with Gasteiger partial charge in [0.05, 0.1) is 17.5 Å². The lowest BCUT2D eigenvalue weighted by Gasteiger charge is -2.22. The molecule has 106 valence electrons. The molecule has 1 amide bonds. The molecule has 2 rings (SSSR count). The van der Waals surface area contributed by atoms with Crippen LogP contribution < -0.4 is 0 Å². The van der Waals surface area contributed by atoms with Crippen LogP contribution in [0.1, 0.15) is 53.2 Å². The maximum atomic E-state index is 12.5. The molecule has 3 nitrogen and oxygen atoms in total. The van der Waals surface area contributed by atoms with Gasteiger partial charge in [-0.15, -0.1) is 11.3 Å². The van der Waals surface area contributed by atoms with Gasteiger partial charge in [0, 0.05) is 11.4 Å². The summed E-state index contributed by atoms with van der Waals surface area (Å²) < 4.78 is 0. The maximum absolute atomic E-state index is 12.5. The first kappa shape index (κ1) is 14.5. The molecule has 1 unspecified atom stereocenters. The molecule has 1 aliphatic heterocycles. The van der Waals surface area contributed by atoms with Crippen LogP contribution in [0.3, 0.4) is 0 Å². The van der Waals surface area contributed by atoms with Gasteiger partial charge in [-0.2, -0.15) is 0 Å². The third kappa shape index (κ3) is 3.00. The van der Waals surface area contributed by atoms with E-state index in [1.807, 2.05) is 4.90 Å². The number of hydrogen-bond acceptors (Lipinski definition) is 3. The normalized spacial score (nSPS) is 19.1. The van der Waals surface area contributed by atoms with Crippen molar-refractivity contribution in [3.8, 4) is 0 Å². The predicted octanol–water partition coefficient (Wildman–Crippen LogP) is 2.86. The number of hydrogen-bond donors (Lipinski definition) is 1. The Morgan fingerprint density at radius 1 is 1.53 bits per heavy atom. The van der Waals surface area contributed by atoms with Gasteiger partial charge in [0.25, 0.3) is 5.91 Å². The van der Waals surface area contributed by atoms with E-state index in [0.29, 0.717) is 0 Å². The SMILES string of the molecule is CCCc1sc(C(=O)N2CCCC2CO)cc1CC. The second kappa shape index (κ2) is 6.53. The summed E-state index contributed by atoms with van der Waals surface area (Å²) in [6.45, 7) is 5.18. The van der Waals surface area contributed by atoms with E-state index in [2.05, 4.69) is 19.9 Å². The number of aliphatic hydroxyl groups is 1. The quantitative estimate of drug-likeness (QED) is 0.901. The zero-order chi connectivity index (χ0) is 13.8. The molecule has 1 N–H and O–H groups in total. The summed E-state index contributed by atoms with van der Waals surface area (Å²) in [5.74, 6) is 0.110. The first-order chi connectivity index (χ1) is 9.21. The van der Waals surface area contributed by atoms with E-state index in [1.165, 1.54) is 10.4 Å². The number of nitrogens with zero attached hydrogens (tertiary/aromatic N) is 1. The van der Waals surface area contributed by atoms with Gasteiger partial charge < -0.3 is 10.0 Å². The number of aliphatic hydroxyl groups excluding tert-OH is 1. The summed E-state index contributed by atoms with van der Waals surface area (Å²) >= 11 is 1.64. The molecule has 19 heavy (non-hydrogen) atoms. The van der Waals surface area contributed by atoms with Gasteiger partial charge in [-0.05, 0) is 37.3 Å². The van der Waals surface area contributed by atoms with Crippen LogP contribution >= 0.6 is 11.3 Å². The average Bonchev–Trinajstić information content (AvgIpc) is 3.04. The van der Waals surface area contributed by atoms with Gasteiger partial charge in [0.15, 0.2) is 0 Å². The molecular formula is C15H23NO2S. The lowest BCUT2D eigenvalue weighted by atomic mass is 10.1. The summed E-state index contributed by atoms with van der Waals surface area (Å²) in [6.07, 6.45) is 5.10. The summed E-state index contributed by atoms with van der Waals surface area (Å²) in [6, 6.07) is 2.08. The minimum atomic E-state index is 0.0225. The summed E-state index contributed by atoms with van der Waals surface area (Å²) in [7, 11) is 0. The highest BCUT2D eigenvalue weighted by Crippen LogP contribution is 2.28. The Labute approximate surface area is 119 Å². The van der Waals surface area contributed by atoms with Crippen molar-refractivity contribution >= 4 is 17.2 Å². The number of amides is 1. The first-order valence-electron chi connectivity index (χ1n) is 7.24. The Morgan fingerprint density at radius 3 is 2.95 bits per heavy atom. The highest BCUT2D eigenvalue weighted by molar-refractivity contribution is 7.14. The monoisotopic (exact) mass is 281 g/mol. The molecule has 0 radical (unpaired) electrons. The van der Waals surface area contributed by atoms with E-state index in [1.54, 1.807) is 11.3 Å². The molecule has 1 fully saturated rings. The lowest BCUT2D eigenvalue weighted by molar-refractivity contribution is 0.0682. The summed E-state index contributed by atoms with van der Waals surface area (Å²) in [5, 5.41) is 9.33. The van der Waals surface area contributed by atoms with E-state index >= 15 is 0 Å². The first-order valence-corrected chi connectivity index (χ1v) is 8.06. The molecule has 1 atom stereocenters. The average molecular weight is 281 g/mol. The molecule has 1 aromatic heterocycles. The second-order valence-corrected chi connectivity index (χ2v) is 6.28. The Hall–Kier alpha value is -0.870. The third-order valence-electron chi connectivity index (χ3n) is 3.81. The van der Waals surface area contributed by atoms with Crippen molar-refractivity contribution in [2.24, 2.45) is 0 Å². The van der Waals surface area contributed by atoms with E-state index in [9.17, 15) is 9.90 Å². The van der Waals surface area contributed by atoms with Crippen LogP contribution in [-0.2, 0) is 12.8 Å². The number of carbonyl (C=O) groups excluding carboxylic acids is 1. The van der Waals surface area contributed by atoms with Gasteiger partial charge in [-0.1, -0.05) is 20.3 Å². The van der Waals surface area contributed by atoms with Crippen LogP contribution in [-0.4, -0.2) is 35.1 Å². The van der Waals surface area contributed by atoms with E-state index < -0.39 is 0 Å². The number of rotatable bonds is 5. The molecule has 1 aliphatic rings. The molecule has 0 saturated carbocycles. The molecular weight excluding hydrogens is 258 g/mol. The van der Waals surface area contributed by atoms with Gasteiger partial charge in [-0.25, -0.2) is 0 Å². The van der Waals surface area contributed by atoms with E-state index in [4.69, 9.17) is 0 Å². The highest BCUT2D eigenvalue weighted by atomic mass is 32.1. The van der Waals surface area contributed by atoms with Crippen molar-refractivity contribution in [3.05, 3.63) is 21.4 Å². The smallest absolute Gasteiger partial charge is 0.264 e. The highest BCUT2D eigenvalue weighted by Gasteiger charge is 2.29. The predicted molar refractivity (Wildman–Crippen MR) is 78.8 cm³/mol. The van der Waals surface area contributed by atoms with Gasteiger partial charge in [0.1, 0.15) is 0 Å². The van der Waals surface area contributed by atoms with Crippen LogP contribution in [0.5, 0.6) is 0 Å². The molecule has 0 spiro atoms. The van der Waals surface area contributed by atoms with Crippen molar-refractivity contribution in [2.45, 2.75) is 52.0 Å². The van der Waals surface area contributed by atoms with Crippen LogP contribution in [0.15, 0.2) is 6.07 Å². The topological polar surface area (TPSA) is 40.5 Å². The number of aryl methyl sites for hydroxylation is 2. The van der Waals surface area contributed by atoms with Gasteiger partial charge >= 0.3 is 0 Å². The fourth-order valence-corrected chi connectivity index (χ4v) is 4.06. The van der Waals surface area contributed by atoms with Gasteiger partial charge in [-0.3, -0.25) is 4.79 Å². The van der Waals surface area contributed by atoms with Crippen molar-refractivity contribution in [1.82, 2.24) is 4.90 Å². The fraction of sp³-hybridized carbons (Fsp3) is 0.667. The van der Waals surface area contributed by atoms with E-state index in [0.717, 1.165) is 43.5 Å². The maximum Gasteiger partial charge on any atom is 0.264 e. The molecule has 4 heteroatoms. The zero-order valence-corrected chi connectivity index (χ0v) is 12.6. The van der Waals surface area contributed by atoms with E-state index in [-0.39, 0.29) is 18.6 Å². The van der Waals surface area contributed by atoms with Gasteiger partial charge in [0.2, 0.25) is 0 Å². The van der Waals surface area contributed by atoms with Crippen molar-refractivity contribution < 1.29 is 9.90 Å². The number of carbonyl (C=O) groups is 1. The summed E-state index contributed by atoms with van der Waals surface area (Å²) in [4.78, 5) is 16.6. The number of thiophene rings is 1. The zero-order valence-electron chi connectivity index (χ0n) is 11.8. The minimum Gasteiger partial charge on any atom is -0.394 e. The summed E-state index contributed by atoms with van der Waals surface area (Å²) in [5.41, 5.74) is 1.31. The Bertz CT molecular complexity index is 441. The standard InChI is InChI=1S/C15H23NO2S/c1-3-6-13-11(4-2)9-14(19-13)15(18)16-8-5-7-12(16)10-17/h9,12,17H,3-8,10H2,1-2H3. The van der Waals surface area contributed by atoms with Crippen LogP contribution in [0.4, 0.5) is 0 Å². The molecule has 0 aromatic carbocycles. The van der Waals surface area contributed by atoms with Crippen LogP contribution in [0, 0.1) is 0 Å². The number of likely N-dealkylation sites (tertiary alicyclic amines) is 1. The fourth-order valence-electron chi connectivity index (χ4n) is 2.74. The van der Waals surface area contributed by atoms with Crippen molar-refractivity contribution in [2.75, 3.05) is 13.2 Å². The van der Waals surface area contributed by atoms with Crippen molar-refractivity contribution in [3.63, 3.8) is 0 Å². The van der Waals surface area contributed by atoms with Crippen LogP contribution in [0.25, 0.3) is 0 Å². The molecule has 0 bridgehead atoms. The van der Waals surface area contributed by atoms with Crippen LogP contribution in [0.2, 0.25) is 0 Å². The molecule has 0 aliphatic carbocycles. The Kier molecular flexibility index (Phi) is 4.99. The minimum absolute atomic E-state index is 0.0225. The molecule has 1 aromatic rings. The lowest BCUT2D eigenvalue weighted by Crippen LogP contribution is -2.37. The Morgan fingerprint density at radius 2 is 2.32 bits per heavy atom. The second-order valence-electron chi connectivity index (χ2n) is 5.14. The Balaban J connectivity index is 2.19. The molecule has 1 saturated heterocycles. The largest absolute Gasteiger partial charge is 0.394 e. The molecule has 2 heterocycles. The third-order valence-corrected chi connectivity index (χ3v) is 5.04.